The van der Waals surface area contributed by atoms with Crippen molar-refractivity contribution in [2.75, 3.05) is 37.4 Å². The molecule has 1 unspecified atom stereocenters. The number of ether oxygens (including phenoxy) is 1. The van der Waals surface area contributed by atoms with Crippen molar-refractivity contribution in [3.05, 3.63) is 56.2 Å². The molecule has 0 saturated carbocycles. The number of hydrogen-bond acceptors (Lipinski definition) is 6. The zero-order chi connectivity index (χ0) is 25.0. The van der Waals surface area contributed by atoms with Crippen LogP contribution in [0.5, 0.6) is 0 Å². The van der Waals surface area contributed by atoms with Crippen LogP contribution in [-0.4, -0.2) is 53.1 Å². The lowest BCUT2D eigenvalue weighted by molar-refractivity contribution is -0.133. The van der Waals surface area contributed by atoms with Gasteiger partial charge in [-0.05, 0) is 23.5 Å². The quantitative estimate of drug-likeness (QED) is 0.597. The molecule has 1 atom stereocenters. The number of methoxy groups -OCH3 is 1. The number of nitrogen functional groups attached to an aromatic ring is 1. The smallest absolute Gasteiger partial charge is 0.330 e. The normalized spacial score (nSPS) is 15.3. The maximum absolute atomic E-state index is 13.7. The molecule has 1 aliphatic heterocycles. The van der Waals surface area contributed by atoms with Gasteiger partial charge in [0.05, 0.1) is 19.1 Å². The zero-order valence-electron chi connectivity index (χ0n) is 20.2. The Morgan fingerprint density at radius 1 is 1.26 bits per heavy atom. The van der Waals surface area contributed by atoms with Gasteiger partial charge in [0.2, 0.25) is 11.8 Å². The molecule has 0 saturated heterocycles. The van der Waals surface area contributed by atoms with E-state index in [1.54, 1.807) is 4.90 Å². The van der Waals surface area contributed by atoms with E-state index in [2.05, 4.69) is 4.98 Å². The number of aromatic amines is 1. The third-order valence-corrected chi connectivity index (χ3v) is 6.04. The summed E-state index contributed by atoms with van der Waals surface area (Å²) in [5, 5.41) is 0. The van der Waals surface area contributed by atoms with Crippen LogP contribution < -0.4 is 21.9 Å². The molecule has 34 heavy (non-hydrogen) atoms. The van der Waals surface area contributed by atoms with E-state index in [4.69, 9.17) is 10.5 Å². The Labute approximate surface area is 198 Å². The van der Waals surface area contributed by atoms with Crippen molar-refractivity contribution in [3.8, 4) is 0 Å². The van der Waals surface area contributed by atoms with Gasteiger partial charge in [0.15, 0.2) is 5.69 Å². The van der Waals surface area contributed by atoms with Crippen molar-refractivity contribution in [1.82, 2.24) is 14.5 Å². The van der Waals surface area contributed by atoms with Gasteiger partial charge < -0.3 is 20.3 Å². The summed E-state index contributed by atoms with van der Waals surface area (Å²) < 4.78 is 6.44. The van der Waals surface area contributed by atoms with Crippen LogP contribution in [0.25, 0.3) is 0 Å². The van der Waals surface area contributed by atoms with Crippen LogP contribution in [0.2, 0.25) is 0 Å². The molecule has 1 aliphatic rings. The van der Waals surface area contributed by atoms with Gasteiger partial charge in [-0.15, -0.1) is 0 Å². The Bertz CT molecular complexity index is 1170. The average molecular weight is 472 g/mol. The summed E-state index contributed by atoms with van der Waals surface area (Å²) in [4.78, 5) is 56.5. The zero-order valence-corrected chi connectivity index (χ0v) is 20.2. The molecule has 0 bridgehead atoms. The van der Waals surface area contributed by atoms with Gasteiger partial charge >= 0.3 is 5.69 Å². The molecule has 2 aromatic rings. The summed E-state index contributed by atoms with van der Waals surface area (Å²) in [6, 6.07) is 7.27. The summed E-state index contributed by atoms with van der Waals surface area (Å²) in [6.45, 7) is 6.34. The van der Waals surface area contributed by atoms with Crippen LogP contribution in [0, 0.1) is 5.92 Å². The van der Waals surface area contributed by atoms with E-state index in [-0.39, 0.29) is 49.4 Å². The first-order valence-corrected chi connectivity index (χ1v) is 11.4. The Hall–Kier alpha value is -3.40. The fraction of sp³-hybridized carbons (Fsp3) is 0.500. The van der Waals surface area contributed by atoms with Gasteiger partial charge in [0.25, 0.3) is 5.56 Å². The number of aromatic nitrogens is 2. The fourth-order valence-electron chi connectivity index (χ4n) is 4.45. The lowest BCUT2D eigenvalue weighted by Crippen LogP contribution is -2.45. The molecular weight excluding hydrogens is 438 g/mol. The SMILES string of the molecule is COCCN(C(=O)CC1c2ccccc2CCN1C(C)=O)c1c(N)n(CC(C)C)c(=O)[nH]c1=O. The Kier molecular flexibility index (Phi) is 7.93. The number of benzene rings is 1. The standard InChI is InChI=1S/C24H33N5O5/c1-15(2)14-29-22(25)21(23(32)26-24(29)33)28(11-12-34-4)20(31)13-19-18-8-6-5-7-17(18)9-10-27(19)16(3)30/h5-8,15,19H,9-14,25H2,1-4H3,(H,26,32,33). The Morgan fingerprint density at radius 2 is 1.97 bits per heavy atom. The van der Waals surface area contributed by atoms with E-state index in [9.17, 15) is 19.2 Å². The van der Waals surface area contributed by atoms with Gasteiger partial charge in [-0.2, -0.15) is 0 Å². The molecule has 3 rings (SSSR count). The second kappa shape index (κ2) is 10.7. The largest absolute Gasteiger partial charge is 0.383 e. The first-order chi connectivity index (χ1) is 16.1. The number of nitrogens with one attached hydrogen (secondary N) is 1. The number of carbonyl (C=O) groups is 2. The molecule has 3 N–H and O–H groups in total. The van der Waals surface area contributed by atoms with Crippen LogP contribution in [0.15, 0.2) is 33.9 Å². The Morgan fingerprint density at radius 3 is 2.62 bits per heavy atom. The number of nitrogens with zero attached hydrogens (tertiary/aromatic N) is 3. The number of H-pyrrole nitrogens is 1. The summed E-state index contributed by atoms with van der Waals surface area (Å²) >= 11 is 0. The van der Waals surface area contributed by atoms with Crippen LogP contribution in [0.1, 0.15) is 44.4 Å². The molecule has 0 spiro atoms. The number of amides is 2. The first kappa shape index (κ1) is 25.2. The molecule has 2 amide bonds. The highest BCUT2D eigenvalue weighted by atomic mass is 16.5. The number of carbonyl (C=O) groups excluding carboxylic acids is 2. The second-order valence-electron chi connectivity index (χ2n) is 8.92. The van der Waals surface area contributed by atoms with Gasteiger partial charge in [0, 0.05) is 33.7 Å². The monoisotopic (exact) mass is 471 g/mol. The van der Waals surface area contributed by atoms with E-state index in [0.29, 0.717) is 13.0 Å². The minimum atomic E-state index is -0.737. The highest BCUT2D eigenvalue weighted by molar-refractivity contribution is 5.96. The van der Waals surface area contributed by atoms with Crippen molar-refractivity contribution in [1.29, 1.82) is 0 Å². The van der Waals surface area contributed by atoms with Gasteiger partial charge in [-0.25, -0.2) is 4.79 Å². The first-order valence-electron chi connectivity index (χ1n) is 11.4. The predicted molar refractivity (Wildman–Crippen MR) is 130 cm³/mol. The molecule has 184 valence electrons. The molecule has 1 aromatic heterocycles. The molecule has 1 aromatic carbocycles. The third kappa shape index (κ3) is 5.22. The van der Waals surface area contributed by atoms with E-state index in [0.717, 1.165) is 11.1 Å². The summed E-state index contributed by atoms with van der Waals surface area (Å²) in [6.07, 6.45) is 0.670. The maximum Gasteiger partial charge on any atom is 0.330 e. The van der Waals surface area contributed by atoms with Crippen LogP contribution in [0.4, 0.5) is 11.5 Å². The highest BCUT2D eigenvalue weighted by Gasteiger charge is 2.33. The Balaban J connectivity index is 2.04. The van der Waals surface area contributed by atoms with Crippen LogP contribution in [-0.2, 0) is 27.3 Å². The lowest BCUT2D eigenvalue weighted by Gasteiger charge is -2.37. The van der Waals surface area contributed by atoms with Crippen molar-refractivity contribution >= 4 is 23.3 Å². The second-order valence-corrected chi connectivity index (χ2v) is 8.92. The highest BCUT2D eigenvalue weighted by Crippen LogP contribution is 2.33. The van der Waals surface area contributed by atoms with E-state index >= 15 is 0 Å². The summed E-state index contributed by atoms with van der Waals surface area (Å²) in [5.41, 5.74) is 6.83. The van der Waals surface area contributed by atoms with Crippen molar-refractivity contribution < 1.29 is 14.3 Å². The number of nitrogens with two attached hydrogens (primary N) is 1. The number of anilines is 2. The molecule has 10 nitrogen and oxygen atoms in total. The molecular formula is C24H33N5O5. The van der Waals surface area contributed by atoms with E-state index in [1.807, 2.05) is 38.1 Å². The van der Waals surface area contributed by atoms with Crippen molar-refractivity contribution in [2.45, 2.75) is 46.2 Å². The van der Waals surface area contributed by atoms with Crippen LogP contribution >= 0.6 is 0 Å². The fourth-order valence-corrected chi connectivity index (χ4v) is 4.45. The number of rotatable bonds is 8. The number of hydrogen-bond donors (Lipinski definition) is 2. The van der Waals surface area contributed by atoms with Gasteiger partial charge in [-0.1, -0.05) is 38.1 Å². The van der Waals surface area contributed by atoms with Crippen molar-refractivity contribution in [2.24, 2.45) is 5.92 Å². The van der Waals surface area contributed by atoms with Crippen molar-refractivity contribution in [3.63, 3.8) is 0 Å². The lowest BCUT2D eigenvalue weighted by atomic mass is 9.90. The summed E-state index contributed by atoms with van der Waals surface area (Å²) in [5.74, 6) is -0.500. The molecule has 0 aliphatic carbocycles. The van der Waals surface area contributed by atoms with Gasteiger partial charge in [-0.3, -0.25) is 23.9 Å². The molecule has 0 radical (unpaired) electrons. The van der Waals surface area contributed by atoms with E-state index in [1.165, 1.54) is 23.5 Å². The number of fused-ring (bicyclic) bond motifs is 1. The average Bonchev–Trinajstić information content (AvgIpc) is 2.78. The minimum Gasteiger partial charge on any atom is -0.383 e. The van der Waals surface area contributed by atoms with Crippen LogP contribution in [0.3, 0.4) is 0 Å². The van der Waals surface area contributed by atoms with Gasteiger partial charge in [0.1, 0.15) is 5.82 Å². The predicted octanol–water partition coefficient (Wildman–Crippen LogP) is 1.29. The molecule has 10 heteroatoms. The molecule has 0 fully saturated rings. The maximum atomic E-state index is 13.7. The third-order valence-electron chi connectivity index (χ3n) is 6.04. The minimum absolute atomic E-state index is 0.0392. The topological polar surface area (TPSA) is 131 Å². The summed E-state index contributed by atoms with van der Waals surface area (Å²) in [7, 11) is 1.49. The van der Waals surface area contributed by atoms with E-state index < -0.39 is 23.2 Å². The molecule has 2 heterocycles.